The Morgan fingerprint density at radius 2 is 1.95 bits per heavy atom. The molecule has 0 saturated carbocycles. The summed E-state index contributed by atoms with van der Waals surface area (Å²) < 4.78 is 14.6. The first-order valence-corrected chi connectivity index (χ1v) is 6.44. The van der Waals surface area contributed by atoms with Crippen LogP contribution in [0.5, 0.6) is 0 Å². The minimum absolute atomic E-state index is 0.0377. The molecule has 1 fully saturated rings. The van der Waals surface area contributed by atoms with Gasteiger partial charge in [0.1, 0.15) is 0 Å². The lowest BCUT2D eigenvalue weighted by atomic mass is 9.99. The van der Waals surface area contributed by atoms with Gasteiger partial charge in [0.15, 0.2) is 17.7 Å². The number of nitrogens with zero attached hydrogens (tertiary/aromatic N) is 2. The molecule has 1 saturated heterocycles. The van der Waals surface area contributed by atoms with Crippen molar-refractivity contribution in [2.45, 2.75) is 31.7 Å². The molecule has 1 aliphatic heterocycles. The third-order valence-corrected chi connectivity index (χ3v) is 3.18. The first-order chi connectivity index (χ1) is 10.1. The number of carbonyl (C=O) groups excluding carboxylic acids is 2. The largest absolute Gasteiger partial charge is 0.464 e. The van der Waals surface area contributed by atoms with Gasteiger partial charge in [-0.25, -0.2) is 9.59 Å². The number of aromatic nitrogens is 2. The van der Waals surface area contributed by atoms with E-state index in [0.717, 1.165) is 6.42 Å². The van der Waals surface area contributed by atoms with Crippen molar-refractivity contribution in [3.63, 3.8) is 0 Å². The molecule has 2 rings (SSSR count). The maximum Gasteiger partial charge on any atom is 0.358 e. The summed E-state index contributed by atoms with van der Waals surface area (Å²) in [6, 6.07) is 1.38. The van der Waals surface area contributed by atoms with Gasteiger partial charge in [0.05, 0.1) is 20.3 Å². The van der Waals surface area contributed by atoms with Gasteiger partial charge in [0.2, 0.25) is 0 Å². The Bertz CT molecular complexity index is 547. The van der Waals surface area contributed by atoms with Crippen molar-refractivity contribution in [2.24, 2.45) is 0 Å². The van der Waals surface area contributed by atoms with Crippen molar-refractivity contribution < 1.29 is 28.9 Å². The summed E-state index contributed by atoms with van der Waals surface area (Å²) >= 11 is 0. The van der Waals surface area contributed by atoms with Crippen LogP contribution in [0.2, 0.25) is 0 Å². The maximum absolute atomic E-state index is 11.8. The SMILES string of the molecule is COC(=O)c1cc(C2CCCC(O)O2)c(C(=O)OC)nn1. The van der Waals surface area contributed by atoms with Crippen LogP contribution >= 0.6 is 0 Å². The Labute approximate surface area is 121 Å². The molecule has 2 atom stereocenters. The zero-order valence-electron chi connectivity index (χ0n) is 11.7. The zero-order valence-corrected chi connectivity index (χ0v) is 11.7. The predicted octanol–water partition coefficient (Wildman–Crippen LogP) is 0.610. The van der Waals surface area contributed by atoms with E-state index in [1.54, 1.807) is 0 Å². The van der Waals surface area contributed by atoms with Gasteiger partial charge in [-0.15, -0.1) is 10.2 Å². The van der Waals surface area contributed by atoms with Crippen molar-refractivity contribution in [1.82, 2.24) is 10.2 Å². The van der Waals surface area contributed by atoms with E-state index in [2.05, 4.69) is 19.7 Å². The van der Waals surface area contributed by atoms with E-state index in [1.165, 1.54) is 20.3 Å². The molecule has 2 unspecified atom stereocenters. The Hall–Kier alpha value is -2.06. The number of esters is 2. The lowest BCUT2D eigenvalue weighted by Crippen LogP contribution is -2.25. The molecule has 0 radical (unpaired) electrons. The highest BCUT2D eigenvalue weighted by atomic mass is 16.6. The number of rotatable bonds is 3. The van der Waals surface area contributed by atoms with Gasteiger partial charge in [-0.05, 0) is 25.3 Å². The second kappa shape index (κ2) is 6.59. The highest BCUT2D eigenvalue weighted by molar-refractivity contribution is 5.91. The zero-order chi connectivity index (χ0) is 15.4. The van der Waals surface area contributed by atoms with Gasteiger partial charge >= 0.3 is 11.9 Å². The van der Waals surface area contributed by atoms with E-state index in [9.17, 15) is 14.7 Å². The number of hydrogen-bond acceptors (Lipinski definition) is 8. The van der Waals surface area contributed by atoms with Gasteiger partial charge in [0, 0.05) is 5.56 Å². The summed E-state index contributed by atoms with van der Waals surface area (Å²) in [5, 5.41) is 17.0. The van der Waals surface area contributed by atoms with Crippen LogP contribution in [0.15, 0.2) is 6.07 Å². The number of ether oxygens (including phenoxy) is 3. The molecule has 8 heteroatoms. The number of carbonyl (C=O) groups is 2. The Kier molecular flexibility index (Phi) is 4.81. The van der Waals surface area contributed by atoms with Crippen molar-refractivity contribution in [3.05, 3.63) is 23.0 Å². The third-order valence-electron chi connectivity index (χ3n) is 3.18. The summed E-state index contributed by atoms with van der Waals surface area (Å²) in [7, 11) is 2.44. The van der Waals surface area contributed by atoms with Crippen molar-refractivity contribution >= 4 is 11.9 Å². The molecule has 1 aromatic heterocycles. The third kappa shape index (κ3) is 3.34. The van der Waals surface area contributed by atoms with Crippen LogP contribution in [0.3, 0.4) is 0 Å². The normalized spacial score (nSPS) is 21.7. The molecule has 0 aliphatic carbocycles. The highest BCUT2D eigenvalue weighted by Gasteiger charge is 2.29. The average molecular weight is 296 g/mol. The number of hydrogen-bond donors (Lipinski definition) is 1. The average Bonchev–Trinajstić information content (AvgIpc) is 2.52. The molecule has 1 aliphatic rings. The molecule has 114 valence electrons. The molecule has 2 heterocycles. The summed E-state index contributed by atoms with van der Waals surface area (Å²) in [6.07, 6.45) is 0.369. The van der Waals surface area contributed by atoms with Crippen LogP contribution in [0.1, 0.15) is 51.9 Å². The standard InChI is InChI=1S/C13H16N2O6/c1-19-12(17)8-6-7(9-4-3-5-10(16)21-9)11(15-14-8)13(18)20-2/h6,9-10,16H,3-5H2,1-2H3. The smallest absolute Gasteiger partial charge is 0.358 e. The lowest BCUT2D eigenvalue weighted by molar-refractivity contribution is -0.165. The molecular weight excluding hydrogens is 280 g/mol. The quantitative estimate of drug-likeness (QED) is 0.808. The second-order valence-electron chi connectivity index (χ2n) is 4.53. The van der Waals surface area contributed by atoms with Gasteiger partial charge in [-0.3, -0.25) is 0 Å². The molecule has 1 aromatic rings. The molecule has 0 spiro atoms. The molecule has 0 aromatic carbocycles. The minimum Gasteiger partial charge on any atom is -0.464 e. The number of aliphatic hydroxyl groups excluding tert-OH is 1. The van der Waals surface area contributed by atoms with E-state index in [-0.39, 0.29) is 11.4 Å². The van der Waals surface area contributed by atoms with Gasteiger partial charge in [-0.1, -0.05) is 0 Å². The van der Waals surface area contributed by atoms with Crippen molar-refractivity contribution in [1.29, 1.82) is 0 Å². The van der Waals surface area contributed by atoms with E-state index >= 15 is 0 Å². The van der Waals surface area contributed by atoms with Crippen LogP contribution in [0, 0.1) is 0 Å². The van der Waals surface area contributed by atoms with Gasteiger partial charge in [0.25, 0.3) is 0 Å². The van der Waals surface area contributed by atoms with Gasteiger partial charge in [-0.2, -0.15) is 0 Å². The summed E-state index contributed by atoms with van der Waals surface area (Å²) in [6.45, 7) is 0. The first kappa shape index (κ1) is 15.3. The number of methoxy groups -OCH3 is 2. The van der Waals surface area contributed by atoms with E-state index in [0.29, 0.717) is 18.4 Å². The Morgan fingerprint density at radius 3 is 2.57 bits per heavy atom. The predicted molar refractivity (Wildman–Crippen MR) is 68.4 cm³/mol. The van der Waals surface area contributed by atoms with E-state index in [4.69, 9.17) is 4.74 Å². The summed E-state index contributed by atoms with van der Waals surface area (Å²) in [5.41, 5.74) is 0.282. The van der Waals surface area contributed by atoms with Crippen LogP contribution in [0.25, 0.3) is 0 Å². The van der Waals surface area contributed by atoms with Crippen LogP contribution in [-0.2, 0) is 14.2 Å². The Balaban J connectivity index is 2.42. The molecule has 0 amide bonds. The van der Waals surface area contributed by atoms with Crippen LogP contribution < -0.4 is 0 Å². The van der Waals surface area contributed by atoms with E-state index < -0.39 is 24.3 Å². The molecule has 21 heavy (non-hydrogen) atoms. The molecule has 1 N–H and O–H groups in total. The van der Waals surface area contributed by atoms with Crippen molar-refractivity contribution in [2.75, 3.05) is 14.2 Å². The van der Waals surface area contributed by atoms with Crippen molar-refractivity contribution in [3.8, 4) is 0 Å². The fourth-order valence-corrected chi connectivity index (χ4v) is 2.14. The fourth-order valence-electron chi connectivity index (χ4n) is 2.14. The molecular formula is C13H16N2O6. The van der Waals surface area contributed by atoms with Crippen LogP contribution in [-0.4, -0.2) is 47.8 Å². The second-order valence-corrected chi connectivity index (χ2v) is 4.53. The lowest BCUT2D eigenvalue weighted by Gasteiger charge is -2.27. The molecule has 0 bridgehead atoms. The van der Waals surface area contributed by atoms with Gasteiger partial charge < -0.3 is 19.3 Å². The fraction of sp³-hybridized carbons (Fsp3) is 0.538. The minimum atomic E-state index is -0.913. The van der Waals surface area contributed by atoms with Crippen LogP contribution in [0.4, 0.5) is 0 Å². The number of aliphatic hydroxyl groups is 1. The summed E-state index contributed by atoms with van der Waals surface area (Å²) in [5.74, 6) is -1.35. The highest BCUT2D eigenvalue weighted by Crippen LogP contribution is 2.32. The first-order valence-electron chi connectivity index (χ1n) is 6.44. The topological polar surface area (TPSA) is 108 Å². The Morgan fingerprint density at radius 1 is 1.24 bits per heavy atom. The monoisotopic (exact) mass is 296 g/mol. The maximum atomic E-state index is 11.8. The molecule has 8 nitrogen and oxygen atoms in total. The summed E-state index contributed by atoms with van der Waals surface area (Å²) in [4.78, 5) is 23.3. The van der Waals surface area contributed by atoms with E-state index in [1.807, 2.05) is 0 Å².